The summed E-state index contributed by atoms with van der Waals surface area (Å²) in [5, 5.41) is 3.88. The summed E-state index contributed by atoms with van der Waals surface area (Å²) in [6, 6.07) is 11.7. The largest absolute Gasteiger partial charge is 0.396 e. The second-order valence-corrected chi connectivity index (χ2v) is 4.48. The molecule has 0 aromatic heterocycles. The van der Waals surface area contributed by atoms with Gasteiger partial charge in [-0.05, 0) is 43.2 Å². The number of aryl methyl sites for hydroxylation is 1. The summed E-state index contributed by atoms with van der Waals surface area (Å²) in [6.45, 7) is 4.17. The van der Waals surface area contributed by atoms with Crippen molar-refractivity contribution in [3.8, 4) is 0 Å². The van der Waals surface area contributed by atoms with Gasteiger partial charge in [0, 0.05) is 5.69 Å². The number of nitrogens with one attached hydrogen (secondary N) is 1. The fourth-order valence-electron chi connectivity index (χ4n) is 1.68. The van der Waals surface area contributed by atoms with E-state index in [1.807, 2.05) is 24.3 Å². The van der Waals surface area contributed by atoms with Gasteiger partial charge in [0.1, 0.15) is 0 Å². The van der Waals surface area contributed by atoms with E-state index in [0.717, 1.165) is 11.4 Å². The average Bonchev–Trinajstić information content (AvgIpc) is 2.31. The maximum absolute atomic E-state index is 5.99. The fourth-order valence-corrected chi connectivity index (χ4v) is 1.85. The van der Waals surface area contributed by atoms with Gasteiger partial charge >= 0.3 is 0 Å². The molecule has 2 aromatic rings. The first-order chi connectivity index (χ1) is 8.09. The highest BCUT2D eigenvalue weighted by atomic mass is 35.5. The second kappa shape index (κ2) is 4.68. The van der Waals surface area contributed by atoms with E-state index in [2.05, 4.69) is 25.2 Å². The van der Waals surface area contributed by atoms with Crippen LogP contribution in [0.3, 0.4) is 0 Å². The molecule has 0 saturated heterocycles. The third-order valence-corrected chi connectivity index (χ3v) is 3.26. The molecule has 0 aliphatic rings. The minimum Gasteiger partial charge on any atom is -0.396 e. The Bertz CT molecular complexity index is 500. The SMILES string of the molecule is Cc1cccc(Nc2cccc(Cl)c2N)c1C. The van der Waals surface area contributed by atoms with Crippen molar-refractivity contribution in [3.05, 3.63) is 52.5 Å². The molecule has 0 radical (unpaired) electrons. The highest BCUT2D eigenvalue weighted by Crippen LogP contribution is 2.30. The van der Waals surface area contributed by atoms with Crippen LogP contribution >= 0.6 is 11.6 Å². The number of para-hydroxylation sites is 1. The Hall–Kier alpha value is -1.67. The van der Waals surface area contributed by atoms with Crippen LogP contribution in [0.25, 0.3) is 0 Å². The lowest BCUT2D eigenvalue weighted by molar-refractivity contribution is 1.33. The van der Waals surface area contributed by atoms with Crippen molar-refractivity contribution in [2.75, 3.05) is 11.1 Å². The van der Waals surface area contributed by atoms with Crippen LogP contribution in [0.5, 0.6) is 0 Å². The molecule has 0 amide bonds. The number of benzene rings is 2. The van der Waals surface area contributed by atoms with Crippen LogP contribution in [0.4, 0.5) is 17.1 Å². The van der Waals surface area contributed by atoms with Crippen molar-refractivity contribution in [2.24, 2.45) is 0 Å². The first-order valence-corrected chi connectivity index (χ1v) is 5.84. The second-order valence-electron chi connectivity index (χ2n) is 4.07. The molecule has 88 valence electrons. The number of rotatable bonds is 2. The average molecular weight is 247 g/mol. The minimum absolute atomic E-state index is 0.570. The molecule has 2 nitrogen and oxygen atoms in total. The summed E-state index contributed by atoms with van der Waals surface area (Å²) in [7, 11) is 0. The van der Waals surface area contributed by atoms with Gasteiger partial charge in [-0.25, -0.2) is 0 Å². The number of nitrogens with two attached hydrogens (primary N) is 1. The van der Waals surface area contributed by atoms with E-state index in [4.69, 9.17) is 17.3 Å². The zero-order valence-electron chi connectivity index (χ0n) is 9.92. The first-order valence-electron chi connectivity index (χ1n) is 5.47. The number of nitrogen functional groups attached to an aromatic ring is 1. The van der Waals surface area contributed by atoms with Crippen LogP contribution in [-0.2, 0) is 0 Å². The van der Waals surface area contributed by atoms with E-state index >= 15 is 0 Å². The van der Waals surface area contributed by atoms with Crippen molar-refractivity contribution >= 4 is 28.7 Å². The van der Waals surface area contributed by atoms with Crippen molar-refractivity contribution in [1.29, 1.82) is 0 Å². The van der Waals surface area contributed by atoms with Gasteiger partial charge < -0.3 is 11.1 Å². The molecule has 0 aliphatic heterocycles. The molecule has 0 fully saturated rings. The normalized spacial score (nSPS) is 10.3. The number of hydrogen-bond donors (Lipinski definition) is 2. The summed E-state index contributed by atoms with van der Waals surface area (Å²) >= 11 is 5.99. The lowest BCUT2D eigenvalue weighted by atomic mass is 10.1. The van der Waals surface area contributed by atoms with Crippen LogP contribution in [0, 0.1) is 13.8 Å². The molecular formula is C14H15ClN2. The Morgan fingerprint density at radius 2 is 1.65 bits per heavy atom. The molecule has 2 aromatic carbocycles. The molecule has 0 heterocycles. The van der Waals surface area contributed by atoms with Gasteiger partial charge in [0.2, 0.25) is 0 Å². The predicted octanol–water partition coefficient (Wildman–Crippen LogP) is 4.28. The Balaban J connectivity index is 2.38. The summed E-state index contributed by atoms with van der Waals surface area (Å²) in [4.78, 5) is 0. The summed E-state index contributed by atoms with van der Waals surface area (Å²) in [5.74, 6) is 0. The molecule has 0 aliphatic carbocycles. The van der Waals surface area contributed by atoms with Gasteiger partial charge in [-0.3, -0.25) is 0 Å². The van der Waals surface area contributed by atoms with E-state index in [9.17, 15) is 0 Å². The topological polar surface area (TPSA) is 38.0 Å². The third-order valence-electron chi connectivity index (χ3n) is 2.93. The molecule has 0 bridgehead atoms. The van der Waals surface area contributed by atoms with Gasteiger partial charge in [0.15, 0.2) is 0 Å². The fraction of sp³-hybridized carbons (Fsp3) is 0.143. The van der Waals surface area contributed by atoms with Crippen molar-refractivity contribution in [2.45, 2.75) is 13.8 Å². The molecule has 0 unspecified atom stereocenters. The maximum Gasteiger partial charge on any atom is 0.0742 e. The predicted molar refractivity (Wildman–Crippen MR) is 75.1 cm³/mol. The molecule has 0 spiro atoms. The maximum atomic E-state index is 5.99. The Morgan fingerprint density at radius 3 is 2.41 bits per heavy atom. The molecule has 2 rings (SSSR count). The lowest BCUT2D eigenvalue weighted by Crippen LogP contribution is -1.99. The van der Waals surface area contributed by atoms with E-state index in [1.54, 1.807) is 6.07 Å². The number of halogens is 1. The van der Waals surface area contributed by atoms with Crippen LogP contribution in [0.2, 0.25) is 5.02 Å². The van der Waals surface area contributed by atoms with Crippen LogP contribution in [0.1, 0.15) is 11.1 Å². The van der Waals surface area contributed by atoms with Crippen molar-refractivity contribution < 1.29 is 0 Å². The van der Waals surface area contributed by atoms with Gasteiger partial charge in [-0.1, -0.05) is 29.8 Å². The highest BCUT2D eigenvalue weighted by molar-refractivity contribution is 6.33. The van der Waals surface area contributed by atoms with Crippen molar-refractivity contribution in [1.82, 2.24) is 0 Å². The zero-order valence-corrected chi connectivity index (χ0v) is 10.7. The Labute approximate surface area is 106 Å². The van der Waals surface area contributed by atoms with Gasteiger partial charge in [0.05, 0.1) is 16.4 Å². The third kappa shape index (κ3) is 2.37. The van der Waals surface area contributed by atoms with E-state index in [-0.39, 0.29) is 0 Å². The van der Waals surface area contributed by atoms with Gasteiger partial charge in [-0.15, -0.1) is 0 Å². The lowest BCUT2D eigenvalue weighted by Gasteiger charge is -2.13. The molecular weight excluding hydrogens is 232 g/mol. The number of hydrogen-bond acceptors (Lipinski definition) is 2. The van der Waals surface area contributed by atoms with E-state index in [0.29, 0.717) is 10.7 Å². The molecule has 3 N–H and O–H groups in total. The van der Waals surface area contributed by atoms with Gasteiger partial charge in [-0.2, -0.15) is 0 Å². The Morgan fingerprint density at radius 1 is 1.00 bits per heavy atom. The zero-order chi connectivity index (χ0) is 12.4. The summed E-state index contributed by atoms with van der Waals surface area (Å²) < 4.78 is 0. The van der Waals surface area contributed by atoms with Crippen LogP contribution in [-0.4, -0.2) is 0 Å². The summed E-state index contributed by atoms with van der Waals surface area (Å²) in [5.41, 5.74) is 10.9. The Kier molecular flexibility index (Phi) is 3.25. The van der Waals surface area contributed by atoms with Gasteiger partial charge in [0.25, 0.3) is 0 Å². The monoisotopic (exact) mass is 246 g/mol. The molecule has 0 atom stereocenters. The quantitative estimate of drug-likeness (QED) is 0.776. The van der Waals surface area contributed by atoms with Crippen molar-refractivity contribution in [3.63, 3.8) is 0 Å². The number of anilines is 3. The minimum atomic E-state index is 0.570. The van der Waals surface area contributed by atoms with E-state index < -0.39 is 0 Å². The van der Waals surface area contributed by atoms with E-state index in [1.165, 1.54) is 11.1 Å². The molecule has 0 saturated carbocycles. The summed E-state index contributed by atoms with van der Waals surface area (Å²) in [6.07, 6.45) is 0. The van der Waals surface area contributed by atoms with Crippen LogP contribution < -0.4 is 11.1 Å². The van der Waals surface area contributed by atoms with Crippen LogP contribution in [0.15, 0.2) is 36.4 Å². The smallest absolute Gasteiger partial charge is 0.0742 e. The standard InChI is InChI=1S/C14H15ClN2/c1-9-5-3-7-12(10(9)2)17-13-8-4-6-11(15)14(13)16/h3-8,17H,16H2,1-2H3. The first kappa shape index (κ1) is 11.8. The molecule has 3 heteroatoms. The highest BCUT2D eigenvalue weighted by Gasteiger charge is 2.05. The molecule has 17 heavy (non-hydrogen) atoms.